The van der Waals surface area contributed by atoms with Crippen molar-refractivity contribution in [3.63, 3.8) is 0 Å². The van der Waals surface area contributed by atoms with Crippen LogP contribution < -0.4 is 10.2 Å². The number of nitrogens with one attached hydrogen (secondary N) is 1. The Morgan fingerprint density at radius 2 is 2.32 bits per heavy atom. The topological polar surface area (TPSA) is 132 Å². The van der Waals surface area contributed by atoms with Crippen molar-refractivity contribution in [1.29, 1.82) is 0 Å². The Morgan fingerprint density at radius 3 is 2.96 bits per heavy atom. The maximum Gasteiger partial charge on any atom is 0.343 e. The average molecular weight is 412 g/mol. The van der Waals surface area contributed by atoms with Crippen LogP contribution in [0.2, 0.25) is 0 Å². The number of ether oxygens (including phenoxy) is 1. The van der Waals surface area contributed by atoms with Gasteiger partial charge in [0.05, 0.1) is 17.8 Å². The highest BCUT2D eigenvalue weighted by atomic mass is 79.9. The van der Waals surface area contributed by atoms with E-state index < -0.39 is 10.8 Å². The molecule has 0 spiro atoms. The fourth-order valence-electron chi connectivity index (χ4n) is 1.98. The summed E-state index contributed by atoms with van der Waals surface area (Å²) >= 11 is 3.17. The van der Waals surface area contributed by atoms with Crippen LogP contribution in [-0.4, -0.2) is 38.8 Å². The maximum atomic E-state index is 11.9. The number of carbonyl (C=O) groups is 1. The third-order valence-corrected chi connectivity index (χ3v) is 3.80. The number of hydrogen-bond donors (Lipinski definition) is 2. The molecule has 1 heterocycles. The van der Waals surface area contributed by atoms with Crippen LogP contribution >= 0.6 is 15.9 Å². The molecule has 2 aromatic rings. The van der Waals surface area contributed by atoms with Gasteiger partial charge in [-0.1, -0.05) is 0 Å². The van der Waals surface area contributed by atoms with Crippen molar-refractivity contribution < 1.29 is 19.6 Å². The van der Waals surface area contributed by atoms with Gasteiger partial charge >= 0.3 is 5.82 Å². The Labute approximate surface area is 150 Å². The zero-order chi connectivity index (χ0) is 18.6. The first-order chi connectivity index (χ1) is 11.8. The number of carbonyl (C=O) groups excluding carboxylic acids is 1. The summed E-state index contributed by atoms with van der Waals surface area (Å²) in [4.78, 5) is 26.0. The first-order valence-electron chi connectivity index (χ1n) is 6.88. The zero-order valence-corrected chi connectivity index (χ0v) is 14.8. The van der Waals surface area contributed by atoms with Crippen LogP contribution in [0.4, 0.5) is 5.82 Å². The number of nitro groups is 1. The van der Waals surface area contributed by atoms with Crippen molar-refractivity contribution in [2.45, 2.75) is 13.5 Å². The highest BCUT2D eigenvalue weighted by Gasteiger charge is 2.19. The van der Waals surface area contributed by atoms with Crippen molar-refractivity contribution in [3.8, 4) is 11.5 Å². The van der Waals surface area contributed by atoms with E-state index in [1.165, 1.54) is 24.0 Å². The van der Waals surface area contributed by atoms with Crippen LogP contribution in [0.15, 0.2) is 27.9 Å². The Morgan fingerprint density at radius 1 is 1.60 bits per heavy atom. The van der Waals surface area contributed by atoms with E-state index in [0.717, 1.165) is 6.20 Å². The quantitative estimate of drug-likeness (QED) is 0.422. The molecule has 0 saturated carbocycles. The molecule has 0 aliphatic carbocycles. The molecule has 1 aromatic heterocycles. The third-order valence-electron chi connectivity index (χ3n) is 3.20. The lowest BCUT2D eigenvalue weighted by Crippen LogP contribution is -2.24. The monoisotopic (exact) mass is 411 g/mol. The Kier molecular flexibility index (Phi) is 5.70. The molecule has 0 atom stereocenters. The van der Waals surface area contributed by atoms with Gasteiger partial charge in [-0.15, -0.1) is 0 Å². The van der Waals surface area contributed by atoms with E-state index >= 15 is 0 Å². The molecule has 11 heteroatoms. The molecule has 0 bridgehead atoms. The number of amides is 1. The van der Waals surface area contributed by atoms with Gasteiger partial charge in [0.1, 0.15) is 6.20 Å². The van der Waals surface area contributed by atoms with Gasteiger partial charge in [0, 0.05) is 6.92 Å². The van der Waals surface area contributed by atoms with E-state index in [1.807, 2.05) is 0 Å². The fraction of sp³-hybridized carbons (Fsp3) is 0.214. The number of hydrazone groups is 1. The molecule has 1 aromatic carbocycles. The molecule has 10 nitrogen and oxygen atoms in total. The van der Waals surface area contributed by atoms with Gasteiger partial charge in [0.2, 0.25) is 0 Å². The average Bonchev–Trinajstić information content (AvgIpc) is 2.91. The largest absolute Gasteiger partial charge is 0.503 e. The highest BCUT2D eigenvalue weighted by Crippen LogP contribution is 2.34. The van der Waals surface area contributed by atoms with E-state index in [4.69, 9.17) is 4.74 Å². The number of nitrogens with zero attached hydrogens (tertiary/aromatic N) is 4. The molecule has 2 rings (SSSR count). The molecule has 0 aliphatic rings. The minimum absolute atomic E-state index is 0.0495. The fourth-order valence-corrected chi connectivity index (χ4v) is 2.44. The summed E-state index contributed by atoms with van der Waals surface area (Å²) in [6, 6.07) is 3.11. The number of phenolic OH excluding ortho intramolecular Hbond substituents is 1. The smallest absolute Gasteiger partial charge is 0.343 e. The molecule has 1 amide bonds. The Balaban J connectivity index is 2.06. The number of benzene rings is 1. The normalized spacial score (nSPS) is 10.8. The first-order valence-corrected chi connectivity index (χ1v) is 7.67. The molecule has 2 N–H and O–H groups in total. The summed E-state index contributed by atoms with van der Waals surface area (Å²) in [5.41, 5.74) is 2.84. The summed E-state index contributed by atoms with van der Waals surface area (Å²) in [6.07, 6.45) is 2.44. The van der Waals surface area contributed by atoms with E-state index in [-0.39, 0.29) is 23.9 Å². The highest BCUT2D eigenvalue weighted by molar-refractivity contribution is 9.10. The third kappa shape index (κ3) is 4.32. The van der Waals surface area contributed by atoms with Crippen LogP contribution in [0, 0.1) is 17.0 Å². The van der Waals surface area contributed by atoms with Crippen LogP contribution in [0.1, 0.15) is 11.4 Å². The molecular weight excluding hydrogens is 398 g/mol. The summed E-state index contributed by atoms with van der Waals surface area (Å²) in [5, 5.41) is 24.4. The van der Waals surface area contributed by atoms with Gasteiger partial charge in [0.25, 0.3) is 5.91 Å². The van der Waals surface area contributed by atoms with E-state index in [0.29, 0.717) is 15.9 Å². The lowest BCUT2D eigenvalue weighted by atomic mass is 10.2. The molecule has 0 aliphatic heterocycles. The predicted octanol–water partition coefficient (Wildman–Crippen LogP) is 1.73. The lowest BCUT2D eigenvalue weighted by Gasteiger charge is -2.06. The van der Waals surface area contributed by atoms with Crippen molar-refractivity contribution in [3.05, 3.63) is 44.3 Å². The minimum Gasteiger partial charge on any atom is -0.503 e. The summed E-state index contributed by atoms with van der Waals surface area (Å²) in [7, 11) is 1.41. The lowest BCUT2D eigenvalue weighted by molar-refractivity contribution is -0.392. The van der Waals surface area contributed by atoms with Crippen molar-refractivity contribution in [2.75, 3.05) is 7.11 Å². The summed E-state index contributed by atoms with van der Waals surface area (Å²) in [5.74, 6) is -0.287. The number of phenols is 1. The van der Waals surface area contributed by atoms with E-state index in [9.17, 15) is 20.0 Å². The standard InChI is InChI=1S/C14H14BrN5O5/c1-8-16-6-13(20(23)24)19(8)7-12(21)18-17-5-9-3-10(15)14(22)11(4-9)25-2/h3-6,22H,7H2,1-2H3,(H,18,21)/b17-5-. The van der Waals surface area contributed by atoms with Gasteiger partial charge in [0.15, 0.2) is 23.9 Å². The SMILES string of the molecule is COc1cc(/C=N\NC(=O)Cn2c([N+](=O)[O-])cnc2C)cc(Br)c1O. The summed E-state index contributed by atoms with van der Waals surface area (Å²) in [6.45, 7) is 1.27. The zero-order valence-electron chi connectivity index (χ0n) is 13.3. The van der Waals surface area contributed by atoms with Crippen molar-refractivity contribution in [1.82, 2.24) is 15.0 Å². The van der Waals surface area contributed by atoms with Crippen LogP contribution in [0.5, 0.6) is 11.5 Å². The molecule has 0 fully saturated rings. The second-order valence-electron chi connectivity index (χ2n) is 4.85. The first kappa shape index (κ1) is 18.4. The number of methoxy groups -OCH3 is 1. The van der Waals surface area contributed by atoms with Gasteiger partial charge in [-0.05, 0) is 38.5 Å². The molecule has 0 saturated heterocycles. The van der Waals surface area contributed by atoms with Crippen molar-refractivity contribution >= 4 is 33.9 Å². The predicted molar refractivity (Wildman–Crippen MR) is 91.7 cm³/mol. The minimum atomic E-state index is -0.614. The van der Waals surface area contributed by atoms with Gasteiger partial charge in [-0.3, -0.25) is 4.79 Å². The Bertz CT molecular complexity index is 848. The van der Waals surface area contributed by atoms with Crippen molar-refractivity contribution in [2.24, 2.45) is 5.10 Å². The molecule has 25 heavy (non-hydrogen) atoms. The van der Waals surface area contributed by atoms with Crippen LogP contribution in [-0.2, 0) is 11.3 Å². The van der Waals surface area contributed by atoms with E-state index in [2.05, 4.69) is 31.4 Å². The second-order valence-corrected chi connectivity index (χ2v) is 5.71. The van der Waals surface area contributed by atoms with Crippen LogP contribution in [0.25, 0.3) is 0 Å². The number of rotatable bonds is 6. The van der Waals surface area contributed by atoms with Gasteiger partial charge in [-0.25, -0.2) is 15.0 Å². The number of aromatic nitrogens is 2. The number of aromatic hydroxyl groups is 1. The van der Waals surface area contributed by atoms with Gasteiger partial charge < -0.3 is 20.0 Å². The summed E-state index contributed by atoms with van der Waals surface area (Å²) < 4.78 is 6.59. The molecule has 0 radical (unpaired) electrons. The Hall–Kier alpha value is -2.95. The number of hydrogen-bond acceptors (Lipinski definition) is 7. The number of imidazole rings is 1. The van der Waals surface area contributed by atoms with Crippen LogP contribution in [0.3, 0.4) is 0 Å². The second kappa shape index (κ2) is 7.75. The number of aryl methyl sites for hydroxylation is 1. The van der Waals surface area contributed by atoms with Gasteiger partial charge in [-0.2, -0.15) is 5.10 Å². The number of halogens is 1. The molecular formula is C14H14BrN5O5. The van der Waals surface area contributed by atoms with E-state index in [1.54, 1.807) is 13.0 Å². The molecule has 132 valence electrons. The maximum absolute atomic E-state index is 11.9. The molecule has 0 unspecified atom stereocenters.